The van der Waals surface area contributed by atoms with Gasteiger partial charge in [-0.05, 0) is 56.2 Å². The van der Waals surface area contributed by atoms with Crippen molar-refractivity contribution in [3.63, 3.8) is 0 Å². The van der Waals surface area contributed by atoms with Gasteiger partial charge in [0, 0.05) is 25.5 Å². The van der Waals surface area contributed by atoms with E-state index in [2.05, 4.69) is 36.2 Å². The third-order valence-electron chi connectivity index (χ3n) is 5.63. The van der Waals surface area contributed by atoms with Crippen LogP contribution in [0.3, 0.4) is 0 Å². The van der Waals surface area contributed by atoms with Gasteiger partial charge in [-0.2, -0.15) is 0 Å². The van der Waals surface area contributed by atoms with Crippen LogP contribution in [0, 0.1) is 12.8 Å². The minimum Gasteiger partial charge on any atom is -0.454 e. The Labute approximate surface area is 166 Å². The molecule has 5 heteroatoms. The van der Waals surface area contributed by atoms with Gasteiger partial charge in [-0.25, -0.2) is 4.98 Å². The monoisotopic (exact) mass is 377 g/mol. The lowest BCUT2D eigenvalue weighted by Crippen LogP contribution is -2.38. The first-order valence-electron chi connectivity index (χ1n) is 10.1. The Morgan fingerprint density at radius 3 is 2.64 bits per heavy atom. The summed E-state index contributed by atoms with van der Waals surface area (Å²) in [6.07, 6.45) is 9.81. The minimum atomic E-state index is 0.00821. The maximum atomic E-state index is 12.7. The second kappa shape index (κ2) is 8.46. The number of likely N-dealkylation sites (tertiary alicyclic amines) is 1. The third-order valence-corrected chi connectivity index (χ3v) is 5.63. The molecule has 1 aliphatic heterocycles. The molecule has 3 aromatic rings. The average molecular weight is 377 g/mol. The Bertz CT molecular complexity index is 888. The molecule has 1 fully saturated rings. The Kier molecular flexibility index (Phi) is 5.60. The topological polar surface area (TPSA) is 51.3 Å². The van der Waals surface area contributed by atoms with E-state index in [1.807, 2.05) is 21.7 Å². The Hall–Kier alpha value is -2.82. The van der Waals surface area contributed by atoms with E-state index in [0.29, 0.717) is 18.2 Å². The van der Waals surface area contributed by atoms with E-state index < -0.39 is 0 Å². The van der Waals surface area contributed by atoms with Crippen molar-refractivity contribution in [3.8, 4) is 0 Å². The highest BCUT2D eigenvalue weighted by Crippen LogP contribution is 2.24. The lowest BCUT2D eigenvalue weighted by molar-refractivity contribution is 0.0653. The summed E-state index contributed by atoms with van der Waals surface area (Å²) in [6, 6.07) is 12.5. The van der Waals surface area contributed by atoms with Crippen LogP contribution in [0.15, 0.2) is 59.5 Å². The molecule has 0 saturated carbocycles. The summed E-state index contributed by atoms with van der Waals surface area (Å²) in [7, 11) is 0. The molecule has 1 aromatic carbocycles. The zero-order valence-electron chi connectivity index (χ0n) is 16.4. The number of piperidine rings is 1. The summed E-state index contributed by atoms with van der Waals surface area (Å²) in [5.41, 5.74) is 2.71. The second-order valence-corrected chi connectivity index (χ2v) is 7.76. The van der Waals surface area contributed by atoms with Crippen LogP contribution in [0.25, 0.3) is 0 Å². The van der Waals surface area contributed by atoms with E-state index in [4.69, 9.17) is 4.42 Å². The van der Waals surface area contributed by atoms with E-state index in [-0.39, 0.29) is 5.91 Å². The number of aromatic nitrogens is 2. The van der Waals surface area contributed by atoms with Crippen LogP contribution in [-0.2, 0) is 13.0 Å². The maximum absolute atomic E-state index is 12.7. The number of imidazole rings is 1. The number of benzene rings is 1. The molecule has 1 saturated heterocycles. The van der Waals surface area contributed by atoms with Crippen molar-refractivity contribution in [2.45, 2.75) is 39.2 Å². The van der Waals surface area contributed by atoms with Crippen molar-refractivity contribution in [3.05, 3.63) is 77.8 Å². The lowest BCUT2D eigenvalue weighted by Gasteiger charge is -2.31. The van der Waals surface area contributed by atoms with Gasteiger partial charge in [0.25, 0.3) is 5.91 Å². The third kappa shape index (κ3) is 4.53. The molecule has 0 radical (unpaired) electrons. The smallest absolute Gasteiger partial charge is 0.289 e. The SMILES string of the molecule is Cc1ccc(CCC2CCN(C(=O)c3ccc(Cn4ccnc4)o3)CC2)cc1. The molecule has 5 nitrogen and oxygen atoms in total. The zero-order chi connectivity index (χ0) is 19.3. The van der Waals surface area contributed by atoms with Gasteiger partial charge < -0.3 is 13.9 Å². The second-order valence-electron chi connectivity index (χ2n) is 7.76. The zero-order valence-corrected chi connectivity index (χ0v) is 16.4. The van der Waals surface area contributed by atoms with Gasteiger partial charge in [0.05, 0.1) is 12.9 Å². The fourth-order valence-electron chi connectivity index (χ4n) is 3.84. The van der Waals surface area contributed by atoms with Gasteiger partial charge in [0.1, 0.15) is 5.76 Å². The van der Waals surface area contributed by atoms with Crippen molar-refractivity contribution in [1.82, 2.24) is 14.5 Å². The summed E-state index contributed by atoms with van der Waals surface area (Å²) >= 11 is 0. The molecule has 1 amide bonds. The normalized spacial score (nSPS) is 15.1. The summed E-state index contributed by atoms with van der Waals surface area (Å²) in [5.74, 6) is 1.91. The first kappa shape index (κ1) is 18.5. The molecule has 1 aliphatic rings. The molecule has 0 atom stereocenters. The van der Waals surface area contributed by atoms with Gasteiger partial charge in [-0.3, -0.25) is 4.79 Å². The van der Waals surface area contributed by atoms with E-state index in [1.54, 1.807) is 18.6 Å². The van der Waals surface area contributed by atoms with Crippen molar-refractivity contribution in [2.24, 2.45) is 5.92 Å². The number of furan rings is 1. The van der Waals surface area contributed by atoms with Crippen LogP contribution >= 0.6 is 0 Å². The first-order valence-corrected chi connectivity index (χ1v) is 10.1. The molecule has 4 rings (SSSR count). The number of carbonyl (C=O) groups excluding carboxylic acids is 1. The van der Waals surface area contributed by atoms with Crippen molar-refractivity contribution in [2.75, 3.05) is 13.1 Å². The van der Waals surface area contributed by atoms with Gasteiger partial charge in [-0.1, -0.05) is 29.8 Å². The molecular formula is C23H27N3O2. The molecule has 0 aliphatic carbocycles. The highest BCUT2D eigenvalue weighted by molar-refractivity contribution is 5.91. The molecule has 2 aromatic heterocycles. The molecule has 28 heavy (non-hydrogen) atoms. The van der Waals surface area contributed by atoms with Crippen LogP contribution in [0.4, 0.5) is 0 Å². The average Bonchev–Trinajstić information content (AvgIpc) is 3.40. The van der Waals surface area contributed by atoms with Gasteiger partial charge in [-0.15, -0.1) is 0 Å². The molecular weight excluding hydrogens is 350 g/mol. The van der Waals surface area contributed by atoms with Crippen molar-refractivity contribution >= 4 is 5.91 Å². The Balaban J connectivity index is 1.25. The predicted octanol–water partition coefficient (Wildman–Crippen LogP) is 4.32. The maximum Gasteiger partial charge on any atom is 0.289 e. The van der Waals surface area contributed by atoms with Crippen LogP contribution in [0.1, 0.15) is 46.7 Å². The number of nitrogens with zero attached hydrogens (tertiary/aromatic N) is 3. The Morgan fingerprint density at radius 2 is 1.93 bits per heavy atom. The summed E-state index contributed by atoms with van der Waals surface area (Å²) in [5, 5.41) is 0. The van der Waals surface area contributed by atoms with Crippen molar-refractivity contribution in [1.29, 1.82) is 0 Å². The largest absolute Gasteiger partial charge is 0.454 e. The highest BCUT2D eigenvalue weighted by Gasteiger charge is 2.25. The van der Waals surface area contributed by atoms with Crippen molar-refractivity contribution < 1.29 is 9.21 Å². The first-order chi connectivity index (χ1) is 13.7. The quantitative estimate of drug-likeness (QED) is 0.643. The highest BCUT2D eigenvalue weighted by atomic mass is 16.4. The van der Waals surface area contributed by atoms with E-state index >= 15 is 0 Å². The standard InChI is InChI=1S/C23H27N3O2/c1-18-2-4-19(5-3-18)6-7-20-10-13-26(14-11-20)23(27)22-9-8-21(28-22)16-25-15-12-24-17-25/h2-5,8-9,12,15,17,20H,6-7,10-11,13-14,16H2,1H3. The summed E-state index contributed by atoms with van der Waals surface area (Å²) in [4.78, 5) is 18.7. The molecule has 0 N–H and O–H groups in total. The van der Waals surface area contributed by atoms with Crippen LogP contribution < -0.4 is 0 Å². The lowest BCUT2D eigenvalue weighted by atomic mass is 9.90. The fraction of sp³-hybridized carbons (Fsp3) is 0.391. The van der Waals surface area contributed by atoms with Gasteiger partial charge in [0.2, 0.25) is 0 Å². The number of amides is 1. The number of hydrogen-bond acceptors (Lipinski definition) is 3. The predicted molar refractivity (Wildman–Crippen MR) is 108 cm³/mol. The Morgan fingerprint density at radius 1 is 1.14 bits per heavy atom. The number of aryl methyl sites for hydroxylation is 2. The number of hydrogen-bond donors (Lipinski definition) is 0. The van der Waals surface area contributed by atoms with Gasteiger partial charge >= 0.3 is 0 Å². The number of rotatable bonds is 6. The summed E-state index contributed by atoms with van der Waals surface area (Å²) < 4.78 is 7.70. The van der Waals surface area contributed by atoms with Gasteiger partial charge in [0.15, 0.2) is 5.76 Å². The number of carbonyl (C=O) groups is 1. The summed E-state index contributed by atoms with van der Waals surface area (Å²) in [6.45, 7) is 4.34. The van der Waals surface area contributed by atoms with Crippen LogP contribution in [0.5, 0.6) is 0 Å². The van der Waals surface area contributed by atoms with E-state index in [9.17, 15) is 4.79 Å². The van der Waals surface area contributed by atoms with Crippen LogP contribution in [-0.4, -0.2) is 33.4 Å². The molecule has 0 unspecified atom stereocenters. The van der Waals surface area contributed by atoms with Crippen LogP contribution in [0.2, 0.25) is 0 Å². The van der Waals surface area contributed by atoms with E-state index in [1.165, 1.54) is 17.5 Å². The molecule has 3 heterocycles. The molecule has 0 spiro atoms. The minimum absolute atomic E-state index is 0.00821. The van der Waals surface area contributed by atoms with E-state index in [0.717, 1.165) is 38.1 Å². The molecule has 146 valence electrons. The molecule has 0 bridgehead atoms. The fourth-order valence-corrected chi connectivity index (χ4v) is 3.84.